The van der Waals surface area contributed by atoms with Gasteiger partial charge in [-0.25, -0.2) is 4.98 Å². The normalized spacial score (nSPS) is 14.6. The second-order valence-corrected chi connectivity index (χ2v) is 7.66. The van der Waals surface area contributed by atoms with Crippen molar-refractivity contribution in [3.63, 3.8) is 0 Å². The number of carbonyl (C=O) groups is 1. The van der Waals surface area contributed by atoms with Crippen molar-refractivity contribution in [1.29, 1.82) is 0 Å². The van der Waals surface area contributed by atoms with E-state index in [1.807, 2.05) is 4.90 Å². The molecule has 1 saturated heterocycles. The Hall–Kier alpha value is -1.88. The molecule has 0 N–H and O–H groups in total. The van der Waals surface area contributed by atoms with Crippen LogP contribution in [0.3, 0.4) is 0 Å². The highest BCUT2D eigenvalue weighted by Gasteiger charge is 2.20. The highest BCUT2D eigenvalue weighted by Crippen LogP contribution is 2.20. The third-order valence-electron chi connectivity index (χ3n) is 4.69. The molecule has 0 atom stereocenters. The summed E-state index contributed by atoms with van der Waals surface area (Å²) >= 11 is 1.70. The molecular formula is C20H27N3OS. The predicted molar refractivity (Wildman–Crippen MR) is 104 cm³/mol. The zero-order valence-electron chi connectivity index (χ0n) is 15.2. The van der Waals surface area contributed by atoms with Crippen LogP contribution in [0.1, 0.15) is 42.5 Å². The molecule has 0 bridgehead atoms. The summed E-state index contributed by atoms with van der Waals surface area (Å²) < 4.78 is 0. The lowest BCUT2D eigenvalue weighted by molar-refractivity contribution is -0.130. The van der Waals surface area contributed by atoms with Crippen LogP contribution in [0.15, 0.2) is 29.6 Å². The third kappa shape index (κ3) is 4.82. The van der Waals surface area contributed by atoms with Gasteiger partial charge in [-0.15, -0.1) is 11.3 Å². The summed E-state index contributed by atoms with van der Waals surface area (Å²) in [6, 6.07) is 8.41. The second kappa shape index (κ2) is 8.48. The van der Waals surface area contributed by atoms with E-state index in [2.05, 4.69) is 53.4 Å². The van der Waals surface area contributed by atoms with E-state index in [1.54, 1.807) is 11.3 Å². The van der Waals surface area contributed by atoms with Gasteiger partial charge in [0.05, 0.1) is 23.8 Å². The molecule has 0 spiro atoms. The zero-order chi connectivity index (χ0) is 17.6. The number of likely N-dealkylation sites (tertiary alicyclic amines) is 1. The highest BCUT2D eigenvalue weighted by atomic mass is 32.1. The monoisotopic (exact) mass is 357 g/mol. The van der Waals surface area contributed by atoms with Crippen molar-refractivity contribution < 1.29 is 4.79 Å². The summed E-state index contributed by atoms with van der Waals surface area (Å²) in [6.07, 6.45) is 4.45. The lowest BCUT2D eigenvalue weighted by Gasteiger charge is -2.30. The van der Waals surface area contributed by atoms with Crippen LogP contribution in [-0.2, 0) is 17.8 Å². The second-order valence-electron chi connectivity index (χ2n) is 6.72. The molecule has 1 aliphatic heterocycles. The van der Waals surface area contributed by atoms with Gasteiger partial charge in [-0.3, -0.25) is 4.79 Å². The van der Waals surface area contributed by atoms with E-state index in [-0.39, 0.29) is 5.91 Å². The molecule has 1 fully saturated rings. The van der Waals surface area contributed by atoms with Crippen molar-refractivity contribution >= 4 is 22.9 Å². The fourth-order valence-corrected chi connectivity index (χ4v) is 3.92. The molecule has 0 aliphatic carbocycles. The van der Waals surface area contributed by atoms with E-state index in [0.717, 1.165) is 48.7 Å². The minimum Gasteiger partial charge on any atom is -0.356 e. The molecule has 1 aromatic heterocycles. The maximum Gasteiger partial charge on any atom is 0.242 e. The summed E-state index contributed by atoms with van der Waals surface area (Å²) in [5.41, 5.74) is 3.36. The van der Waals surface area contributed by atoms with Gasteiger partial charge in [-0.1, -0.05) is 24.6 Å². The Morgan fingerprint density at radius 3 is 2.56 bits per heavy atom. The van der Waals surface area contributed by atoms with Crippen LogP contribution in [0.5, 0.6) is 0 Å². The number of aryl methyl sites for hydroxylation is 2. The van der Waals surface area contributed by atoms with E-state index >= 15 is 0 Å². The van der Waals surface area contributed by atoms with Crippen LogP contribution in [-0.4, -0.2) is 35.4 Å². The number of thiazole rings is 1. The standard InChI is InChI=1S/C20H27N3OS/c1-3-19-21-17(15-25-19)13-23(18-9-7-16(2)8-10-18)14-20(24)22-11-5-4-6-12-22/h7-10,15H,3-6,11-14H2,1-2H3. The zero-order valence-corrected chi connectivity index (χ0v) is 16.0. The van der Waals surface area contributed by atoms with E-state index < -0.39 is 0 Å². The van der Waals surface area contributed by atoms with Crippen molar-refractivity contribution in [2.45, 2.75) is 46.1 Å². The summed E-state index contributed by atoms with van der Waals surface area (Å²) in [6.45, 7) is 7.11. The van der Waals surface area contributed by atoms with Gasteiger partial charge in [0.15, 0.2) is 0 Å². The van der Waals surface area contributed by atoms with Crippen molar-refractivity contribution in [2.75, 3.05) is 24.5 Å². The number of carbonyl (C=O) groups excluding carboxylic acids is 1. The molecule has 3 rings (SSSR count). The van der Waals surface area contributed by atoms with Crippen LogP contribution in [0, 0.1) is 6.92 Å². The molecule has 5 heteroatoms. The number of nitrogens with zero attached hydrogens (tertiary/aromatic N) is 3. The third-order valence-corrected chi connectivity index (χ3v) is 5.73. The number of hydrogen-bond acceptors (Lipinski definition) is 4. The molecule has 2 aromatic rings. The Balaban J connectivity index is 1.75. The van der Waals surface area contributed by atoms with Gasteiger partial charge in [0.25, 0.3) is 0 Å². The summed E-state index contributed by atoms with van der Waals surface area (Å²) in [7, 11) is 0. The van der Waals surface area contributed by atoms with Gasteiger partial charge in [0.1, 0.15) is 0 Å². The molecule has 2 heterocycles. The number of piperidine rings is 1. The van der Waals surface area contributed by atoms with Gasteiger partial charge in [0, 0.05) is 24.2 Å². The number of anilines is 1. The lowest BCUT2D eigenvalue weighted by atomic mass is 10.1. The van der Waals surface area contributed by atoms with Crippen LogP contribution in [0.2, 0.25) is 0 Å². The Kier molecular flexibility index (Phi) is 6.08. The average molecular weight is 358 g/mol. The maximum absolute atomic E-state index is 12.8. The van der Waals surface area contributed by atoms with Gasteiger partial charge >= 0.3 is 0 Å². The number of amides is 1. The van der Waals surface area contributed by atoms with Crippen LogP contribution < -0.4 is 4.90 Å². The molecule has 0 radical (unpaired) electrons. The largest absolute Gasteiger partial charge is 0.356 e. The van der Waals surface area contributed by atoms with Gasteiger partial charge in [-0.2, -0.15) is 0 Å². The summed E-state index contributed by atoms with van der Waals surface area (Å²) in [5.74, 6) is 0.228. The minimum atomic E-state index is 0.228. The van der Waals surface area contributed by atoms with Crippen LogP contribution in [0.25, 0.3) is 0 Å². The Morgan fingerprint density at radius 1 is 1.20 bits per heavy atom. The van der Waals surface area contributed by atoms with E-state index in [0.29, 0.717) is 13.1 Å². The summed E-state index contributed by atoms with van der Waals surface area (Å²) in [4.78, 5) is 21.6. The van der Waals surface area contributed by atoms with Gasteiger partial charge < -0.3 is 9.80 Å². The molecular weight excluding hydrogens is 330 g/mol. The van der Waals surface area contributed by atoms with Crippen molar-refractivity contribution in [3.05, 3.63) is 45.9 Å². The Labute approximate surface area is 154 Å². The molecule has 1 amide bonds. The molecule has 0 saturated carbocycles. The molecule has 25 heavy (non-hydrogen) atoms. The first kappa shape index (κ1) is 17.9. The van der Waals surface area contributed by atoms with E-state index in [4.69, 9.17) is 0 Å². The SMILES string of the molecule is CCc1nc(CN(CC(=O)N2CCCCC2)c2ccc(C)cc2)cs1. The topological polar surface area (TPSA) is 36.4 Å². The Bertz CT molecular complexity index is 689. The first-order valence-electron chi connectivity index (χ1n) is 9.18. The fourth-order valence-electron chi connectivity index (χ4n) is 3.18. The smallest absolute Gasteiger partial charge is 0.242 e. The van der Waals surface area contributed by atoms with Crippen molar-refractivity contribution in [2.24, 2.45) is 0 Å². The number of aromatic nitrogens is 1. The first-order valence-corrected chi connectivity index (χ1v) is 10.1. The van der Waals surface area contributed by atoms with Gasteiger partial charge in [0.2, 0.25) is 5.91 Å². The molecule has 1 aromatic carbocycles. The molecule has 1 aliphatic rings. The number of hydrogen-bond donors (Lipinski definition) is 0. The number of benzene rings is 1. The lowest BCUT2D eigenvalue weighted by Crippen LogP contribution is -2.42. The predicted octanol–water partition coefficient (Wildman–Crippen LogP) is 4.03. The highest BCUT2D eigenvalue weighted by molar-refractivity contribution is 7.09. The quantitative estimate of drug-likeness (QED) is 0.783. The Morgan fingerprint density at radius 2 is 1.92 bits per heavy atom. The summed E-state index contributed by atoms with van der Waals surface area (Å²) in [5, 5.41) is 3.27. The van der Waals surface area contributed by atoms with Crippen LogP contribution >= 0.6 is 11.3 Å². The van der Waals surface area contributed by atoms with Crippen molar-refractivity contribution in [1.82, 2.24) is 9.88 Å². The maximum atomic E-state index is 12.8. The van der Waals surface area contributed by atoms with Crippen molar-refractivity contribution in [3.8, 4) is 0 Å². The van der Waals surface area contributed by atoms with E-state index in [9.17, 15) is 4.79 Å². The number of rotatable bonds is 6. The molecule has 134 valence electrons. The molecule has 4 nitrogen and oxygen atoms in total. The first-order chi connectivity index (χ1) is 12.2. The van der Waals surface area contributed by atoms with E-state index in [1.165, 1.54) is 12.0 Å². The molecule has 0 unspecified atom stereocenters. The van der Waals surface area contributed by atoms with Gasteiger partial charge in [-0.05, 0) is 44.7 Å². The fraction of sp³-hybridized carbons (Fsp3) is 0.500. The average Bonchev–Trinajstić information content (AvgIpc) is 3.10. The van der Waals surface area contributed by atoms with Crippen LogP contribution in [0.4, 0.5) is 5.69 Å². The minimum absolute atomic E-state index is 0.228.